The van der Waals surface area contributed by atoms with Crippen molar-refractivity contribution in [1.29, 1.82) is 0 Å². The number of amides is 2. The molecule has 1 saturated heterocycles. The van der Waals surface area contributed by atoms with Gasteiger partial charge in [-0.25, -0.2) is 4.79 Å². The van der Waals surface area contributed by atoms with E-state index in [4.69, 9.17) is 4.74 Å². The highest BCUT2D eigenvalue weighted by Crippen LogP contribution is 2.65. The second-order valence-corrected chi connectivity index (χ2v) is 15.2. The summed E-state index contributed by atoms with van der Waals surface area (Å²) in [6.45, 7) is 12.0. The van der Waals surface area contributed by atoms with Gasteiger partial charge in [0.1, 0.15) is 5.60 Å². The molecule has 1 aliphatic heterocycles. The van der Waals surface area contributed by atoms with Crippen LogP contribution in [-0.2, 0) is 27.4 Å². The Morgan fingerprint density at radius 2 is 1.50 bits per heavy atom. The van der Waals surface area contributed by atoms with Gasteiger partial charge in [-0.05, 0) is 87.2 Å². The van der Waals surface area contributed by atoms with Gasteiger partial charge in [0.05, 0.1) is 0 Å². The lowest BCUT2D eigenvalue weighted by Crippen LogP contribution is -2.59. The molecule has 2 amide bonds. The average Bonchev–Trinajstić information content (AvgIpc) is 3.34. The standard InChI is InChI=1S/C38H48N2O4/c1-36(2,3)44-35(43)40-25-29-30-16-17-32(37(30,4)21-19-31(29)38(5)20-18-28(41)22-33(38)40)34(42)39(23-26-12-8-6-9-13-26)24-27-14-10-7-11-15-27/h6-15,22,29-32H,16-21,23-25H2,1-5H3/t29-,30-,31-,32+,37-,38+/m0/s1. The van der Waals surface area contributed by atoms with Crippen molar-refractivity contribution in [2.75, 3.05) is 6.54 Å². The summed E-state index contributed by atoms with van der Waals surface area (Å²) >= 11 is 0. The highest BCUT2D eigenvalue weighted by atomic mass is 16.6. The van der Waals surface area contributed by atoms with Crippen molar-refractivity contribution < 1.29 is 19.1 Å². The van der Waals surface area contributed by atoms with Gasteiger partial charge in [0.15, 0.2) is 5.78 Å². The lowest BCUT2D eigenvalue weighted by atomic mass is 9.49. The van der Waals surface area contributed by atoms with Crippen LogP contribution in [0.15, 0.2) is 72.4 Å². The molecule has 3 fully saturated rings. The second kappa shape index (κ2) is 11.5. The van der Waals surface area contributed by atoms with E-state index in [2.05, 4.69) is 43.0 Å². The smallest absolute Gasteiger partial charge is 0.414 e. The third kappa shape index (κ3) is 5.61. The van der Waals surface area contributed by atoms with Gasteiger partial charge >= 0.3 is 6.09 Å². The Morgan fingerprint density at radius 1 is 0.886 bits per heavy atom. The molecular weight excluding hydrogens is 548 g/mol. The van der Waals surface area contributed by atoms with Crippen molar-refractivity contribution in [3.63, 3.8) is 0 Å². The summed E-state index contributed by atoms with van der Waals surface area (Å²) in [5.74, 6) is 1.23. The molecule has 6 heteroatoms. The van der Waals surface area contributed by atoms with Crippen LogP contribution in [-0.4, -0.2) is 39.7 Å². The van der Waals surface area contributed by atoms with Gasteiger partial charge in [-0.1, -0.05) is 74.5 Å². The number of rotatable bonds is 5. The predicted molar refractivity (Wildman–Crippen MR) is 171 cm³/mol. The third-order valence-corrected chi connectivity index (χ3v) is 11.4. The number of nitrogens with zero attached hydrogens (tertiary/aromatic N) is 2. The SMILES string of the molecule is CC(C)(C)OC(=O)N1C[C@H]2[C@@H]3CC[C@H](C(=O)N(Cc4ccccc4)Cc4ccccc4)[C@@]3(C)CC[C@@H]2[C@@]2(C)CCC(=O)C=C12. The normalized spacial score (nSPS) is 31.3. The number of benzene rings is 2. The molecule has 0 aromatic heterocycles. The van der Waals surface area contributed by atoms with Crippen LogP contribution in [0.25, 0.3) is 0 Å². The highest BCUT2D eigenvalue weighted by molar-refractivity contribution is 5.92. The van der Waals surface area contributed by atoms with Gasteiger partial charge in [0, 0.05) is 49.2 Å². The van der Waals surface area contributed by atoms with Crippen molar-refractivity contribution in [1.82, 2.24) is 9.80 Å². The molecule has 44 heavy (non-hydrogen) atoms. The third-order valence-electron chi connectivity index (χ3n) is 11.4. The number of piperidine rings is 1. The number of carbonyl (C=O) groups excluding carboxylic acids is 3. The highest BCUT2D eigenvalue weighted by Gasteiger charge is 2.62. The topological polar surface area (TPSA) is 66.9 Å². The van der Waals surface area contributed by atoms with Crippen molar-refractivity contribution in [3.05, 3.63) is 83.6 Å². The van der Waals surface area contributed by atoms with Crippen LogP contribution in [0.2, 0.25) is 0 Å². The molecule has 6 nitrogen and oxygen atoms in total. The van der Waals surface area contributed by atoms with Crippen molar-refractivity contribution in [3.8, 4) is 0 Å². The molecule has 0 radical (unpaired) electrons. The predicted octanol–water partition coefficient (Wildman–Crippen LogP) is 7.78. The first-order valence-corrected chi connectivity index (χ1v) is 16.5. The van der Waals surface area contributed by atoms with E-state index < -0.39 is 5.60 Å². The second-order valence-electron chi connectivity index (χ2n) is 15.2. The summed E-state index contributed by atoms with van der Waals surface area (Å²) in [5, 5.41) is 0. The Morgan fingerprint density at radius 3 is 2.09 bits per heavy atom. The van der Waals surface area contributed by atoms with E-state index in [1.165, 1.54) is 0 Å². The maximum atomic E-state index is 14.6. The molecule has 2 aromatic carbocycles. The van der Waals surface area contributed by atoms with Crippen molar-refractivity contribution in [2.24, 2.45) is 34.5 Å². The molecule has 234 valence electrons. The molecule has 6 rings (SSSR count). The van der Waals surface area contributed by atoms with Gasteiger partial charge in [0.2, 0.25) is 5.91 Å². The van der Waals surface area contributed by atoms with E-state index in [-0.39, 0.29) is 40.4 Å². The molecule has 2 aromatic rings. The number of ketones is 1. The van der Waals surface area contributed by atoms with Crippen LogP contribution in [0.1, 0.15) is 84.3 Å². The number of hydrogen-bond donors (Lipinski definition) is 0. The fraction of sp³-hybridized carbons (Fsp3) is 0.553. The Balaban J connectivity index is 1.30. The van der Waals surface area contributed by atoms with Gasteiger partial charge in [0.25, 0.3) is 0 Å². The number of fused-ring (bicyclic) bond motifs is 5. The van der Waals surface area contributed by atoms with E-state index in [9.17, 15) is 14.4 Å². The summed E-state index contributed by atoms with van der Waals surface area (Å²) in [4.78, 5) is 44.8. The minimum absolute atomic E-state index is 0.0615. The largest absolute Gasteiger partial charge is 0.443 e. The Bertz CT molecular complexity index is 1390. The maximum absolute atomic E-state index is 14.6. The van der Waals surface area contributed by atoms with Crippen molar-refractivity contribution in [2.45, 2.75) is 91.8 Å². The molecule has 4 aliphatic rings. The van der Waals surface area contributed by atoms with Gasteiger partial charge < -0.3 is 9.64 Å². The fourth-order valence-corrected chi connectivity index (χ4v) is 9.24. The van der Waals surface area contributed by atoms with Crippen LogP contribution in [0.4, 0.5) is 4.79 Å². The lowest BCUT2D eigenvalue weighted by Gasteiger charge is -2.60. The summed E-state index contributed by atoms with van der Waals surface area (Å²) in [6.07, 6.45) is 6.48. The monoisotopic (exact) mass is 596 g/mol. The van der Waals surface area contributed by atoms with Crippen LogP contribution in [0.5, 0.6) is 0 Å². The van der Waals surface area contributed by atoms with E-state index in [1.54, 1.807) is 11.0 Å². The summed E-state index contributed by atoms with van der Waals surface area (Å²) in [5.41, 5.74) is 2.08. The van der Waals surface area contributed by atoms with Crippen LogP contribution in [0, 0.1) is 34.5 Å². The molecule has 0 N–H and O–H groups in total. The quantitative estimate of drug-likeness (QED) is 0.354. The van der Waals surface area contributed by atoms with Crippen molar-refractivity contribution >= 4 is 17.8 Å². The first-order valence-electron chi connectivity index (χ1n) is 16.5. The molecule has 0 bridgehead atoms. The Kier molecular flexibility index (Phi) is 8.00. The lowest BCUT2D eigenvalue weighted by molar-refractivity contribution is -0.145. The Labute approximate surface area is 262 Å². The molecule has 1 heterocycles. The molecule has 0 spiro atoms. The molecule has 0 unspecified atom stereocenters. The zero-order valence-corrected chi connectivity index (χ0v) is 27.1. The van der Waals surface area contributed by atoms with Crippen LogP contribution in [0.3, 0.4) is 0 Å². The summed E-state index contributed by atoms with van der Waals surface area (Å²) < 4.78 is 5.90. The first kappa shape index (κ1) is 30.6. The van der Waals surface area contributed by atoms with Gasteiger partial charge in [-0.3, -0.25) is 14.5 Å². The maximum Gasteiger partial charge on any atom is 0.414 e. The minimum atomic E-state index is -0.628. The average molecular weight is 597 g/mol. The summed E-state index contributed by atoms with van der Waals surface area (Å²) in [7, 11) is 0. The van der Waals surface area contributed by atoms with Gasteiger partial charge in [-0.2, -0.15) is 0 Å². The summed E-state index contributed by atoms with van der Waals surface area (Å²) in [6, 6.07) is 20.6. The number of carbonyl (C=O) groups is 3. The van der Waals surface area contributed by atoms with E-state index >= 15 is 0 Å². The van der Waals surface area contributed by atoms with Crippen LogP contribution < -0.4 is 0 Å². The molecule has 2 saturated carbocycles. The number of hydrogen-bond acceptors (Lipinski definition) is 4. The van der Waals surface area contributed by atoms with Gasteiger partial charge in [-0.15, -0.1) is 0 Å². The van der Waals surface area contributed by atoms with E-state index in [0.717, 1.165) is 48.9 Å². The fourth-order valence-electron chi connectivity index (χ4n) is 9.24. The number of allylic oxidation sites excluding steroid dienone is 2. The molecule has 3 aliphatic carbocycles. The van der Waals surface area contributed by atoms with Crippen LogP contribution >= 0.6 is 0 Å². The van der Waals surface area contributed by atoms with E-state index in [0.29, 0.717) is 37.9 Å². The zero-order chi connectivity index (χ0) is 31.3. The van der Waals surface area contributed by atoms with E-state index in [1.807, 2.05) is 57.2 Å². The molecule has 6 atom stereocenters. The zero-order valence-electron chi connectivity index (χ0n) is 27.1. The Hall–Kier alpha value is -3.41. The first-order chi connectivity index (χ1) is 20.9. The molecular formula is C38H48N2O4. The number of ether oxygens (including phenoxy) is 1. The number of likely N-dealkylation sites (tertiary alicyclic amines) is 1. The minimum Gasteiger partial charge on any atom is -0.443 e.